The topological polar surface area (TPSA) is 49.4 Å². The minimum Gasteiger partial charge on any atom is -0.311 e. The molecular weight excluding hydrogens is 272 g/mol. The van der Waals surface area contributed by atoms with Crippen LogP contribution in [0.3, 0.4) is 0 Å². The summed E-state index contributed by atoms with van der Waals surface area (Å²) in [6.45, 7) is 11.3. The van der Waals surface area contributed by atoms with E-state index in [-0.39, 0.29) is 0 Å². The zero-order valence-electron chi connectivity index (χ0n) is 13.6. The maximum absolute atomic E-state index is 11.9. The molecule has 120 valence electrons. The first-order valence-electron chi connectivity index (χ1n) is 8.11. The van der Waals surface area contributed by atoms with E-state index in [4.69, 9.17) is 0 Å². The van der Waals surface area contributed by atoms with Crippen LogP contribution in [-0.4, -0.2) is 56.5 Å². The molecule has 1 N–H and O–H groups in total. The summed E-state index contributed by atoms with van der Waals surface area (Å²) >= 11 is 0. The Morgan fingerprint density at radius 3 is 2.50 bits per heavy atom. The number of hydrogen-bond acceptors (Lipinski definition) is 4. The van der Waals surface area contributed by atoms with Crippen molar-refractivity contribution in [1.29, 1.82) is 0 Å². The van der Waals surface area contributed by atoms with Crippen molar-refractivity contribution in [2.75, 3.05) is 31.1 Å². The molecule has 3 unspecified atom stereocenters. The maximum atomic E-state index is 11.9. The number of piperazine rings is 1. The van der Waals surface area contributed by atoms with Crippen LogP contribution in [0.25, 0.3) is 0 Å². The van der Waals surface area contributed by atoms with Crippen molar-refractivity contribution in [2.24, 2.45) is 5.92 Å². The summed E-state index contributed by atoms with van der Waals surface area (Å²) in [5.74, 6) is 1.24. The largest absolute Gasteiger partial charge is 0.311 e. The summed E-state index contributed by atoms with van der Waals surface area (Å²) in [6.07, 6.45) is 2.96. The lowest BCUT2D eigenvalue weighted by Gasteiger charge is -2.43. The zero-order chi connectivity index (χ0) is 15.2. The third kappa shape index (κ3) is 5.34. The molecule has 1 fully saturated rings. The molecule has 0 spiro atoms. The van der Waals surface area contributed by atoms with Crippen LogP contribution in [0.5, 0.6) is 0 Å². The summed E-state index contributed by atoms with van der Waals surface area (Å²) in [5.41, 5.74) is 0. The van der Waals surface area contributed by atoms with E-state index in [9.17, 15) is 8.42 Å². The molecule has 4 nitrogen and oxygen atoms in total. The Balaban J connectivity index is 2.64. The van der Waals surface area contributed by atoms with Crippen molar-refractivity contribution >= 4 is 9.84 Å². The molecule has 20 heavy (non-hydrogen) atoms. The maximum Gasteiger partial charge on any atom is 0.151 e. The van der Waals surface area contributed by atoms with E-state index >= 15 is 0 Å². The van der Waals surface area contributed by atoms with Crippen LogP contribution in [0.2, 0.25) is 0 Å². The van der Waals surface area contributed by atoms with Gasteiger partial charge >= 0.3 is 0 Å². The number of rotatable bonds is 8. The van der Waals surface area contributed by atoms with Gasteiger partial charge in [-0.05, 0) is 18.8 Å². The molecule has 1 saturated heterocycles. The normalized spacial score (nSPS) is 26.6. The summed E-state index contributed by atoms with van der Waals surface area (Å²) in [5, 5.41) is 3.60. The van der Waals surface area contributed by atoms with Gasteiger partial charge in [-0.25, -0.2) is 8.42 Å². The lowest BCUT2D eigenvalue weighted by Crippen LogP contribution is -2.59. The van der Waals surface area contributed by atoms with Crippen LogP contribution in [0.4, 0.5) is 0 Å². The lowest BCUT2D eigenvalue weighted by atomic mass is 9.94. The Hall–Kier alpha value is -0.130. The summed E-state index contributed by atoms with van der Waals surface area (Å²) < 4.78 is 23.9. The SMILES string of the molecule is CCCS(=O)(=O)CCN1CC(CC)NCC1C(C)CC. The Bertz CT molecular complexity index is 370. The third-order valence-electron chi connectivity index (χ3n) is 4.54. The molecule has 0 aromatic heterocycles. The average Bonchev–Trinajstić information content (AvgIpc) is 2.44. The molecule has 1 heterocycles. The van der Waals surface area contributed by atoms with Crippen molar-refractivity contribution < 1.29 is 8.42 Å². The monoisotopic (exact) mass is 304 g/mol. The van der Waals surface area contributed by atoms with E-state index in [1.807, 2.05) is 6.92 Å². The van der Waals surface area contributed by atoms with Gasteiger partial charge < -0.3 is 5.32 Å². The predicted molar refractivity (Wildman–Crippen MR) is 85.8 cm³/mol. The Morgan fingerprint density at radius 1 is 1.25 bits per heavy atom. The molecule has 0 aromatic carbocycles. The predicted octanol–water partition coefficient (Wildman–Crippen LogP) is 1.91. The highest BCUT2D eigenvalue weighted by Gasteiger charge is 2.30. The summed E-state index contributed by atoms with van der Waals surface area (Å²) in [4.78, 5) is 2.41. The molecule has 1 aliphatic rings. The van der Waals surface area contributed by atoms with E-state index in [0.29, 0.717) is 36.1 Å². The zero-order valence-corrected chi connectivity index (χ0v) is 14.4. The van der Waals surface area contributed by atoms with E-state index in [1.165, 1.54) is 0 Å². The fraction of sp³-hybridized carbons (Fsp3) is 1.00. The third-order valence-corrected chi connectivity index (χ3v) is 6.37. The molecule has 0 radical (unpaired) electrons. The highest BCUT2D eigenvalue weighted by molar-refractivity contribution is 7.91. The van der Waals surface area contributed by atoms with Crippen molar-refractivity contribution in [3.8, 4) is 0 Å². The smallest absolute Gasteiger partial charge is 0.151 e. The molecule has 1 aliphatic heterocycles. The van der Waals surface area contributed by atoms with Crippen LogP contribution in [0.15, 0.2) is 0 Å². The molecule has 0 bridgehead atoms. The van der Waals surface area contributed by atoms with Gasteiger partial charge in [0.15, 0.2) is 9.84 Å². The van der Waals surface area contributed by atoms with Gasteiger partial charge in [0.2, 0.25) is 0 Å². The van der Waals surface area contributed by atoms with E-state index in [0.717, 1.165) is 32.4 Å². The second-order valence-electron chi connectivity index (χ2n) is 6.11. The van der Waals surface area contributed by atoms with Crippen molar-refractivity contribution in [1.82, 2.24) is 10.2 Å². The van der Waals surface area contributed by atoms with Gasteiger partial charge in [-0.1, -0.05) is 34.1 Å². The summed E-state index contributed by atoms with van der Waals surface area (Å²) in [6, 6.07) is 0.976. The molecule has 5 heteroatoms. The highest BCUT2D eigenvalue weighted by Crippen LogP contribution is 2.19. The molecule has 3 atom stereocenters. The molecule has 0 saturated carbocycles. The van der Waals surface area contributed by atoms with Gasteiger partial charge in [-0.3, -0.25) is 4.90 Å². The van der Waals surface area contributed by atoms with Crippen molar-refractivity contribution in [3.05, 3.63) is 0 Å². The summed E-state index contributed by atoms with van der Waals surface area (Å²) in [7, 11) is -2.87. The van der Waals surface area contributed by atoms with Crippen LogP contribution >= 0.6 is 0 Å². The van der Waals surface area contributed by atoms with E-state index in [2.05, 4.69) is 31.0 Å². The van der Waals surface area contributed by atoms with Crippen molar-refractivity contribution in [3.63, 3.8) is 0 Å². The van der Waals surface area contributed by atoms with E-state index < -0.39 is 9.84 Å². The van der Waals surface area contributed by atoms with Crippen LogP contribution in [0, 0.1) is 5.92 Å². The number of hydrogen-bond donors (Lipinski definition) is 1. The first-order chi connectivity index (χ1) is 9.43. The molecular formula is C15H32N2O2S. The molecule has 0 aromatic rings. The Kier molecular flexibility index (Phi) is 7.48. The van der Waals surface area contributed by atoms with Gasteiger partial charge in [0.1, 0.15) is 0 Å². The minimum atomic E-state index is -2.87. The standard InChI is InChI=1S/C15H32N2O2S/c1-5-9-20(18,19)10-8-17-12-14(7-3)16-11-15(17)13(4)6-2/h13-16H,5-12H2,1-4H3. The first-order valence-corrected chi connectivity index (χ1v) is 9.93. The second kappa shape index (κ2) is 8.35. The van der Waals surface area contributed by atoms with E-state index in [1.54, 1.807) is 0 Å². The van der Waals surface area contributed by atoms with Gasteiger partial charge in [-0.2, -0.15) is 0 Å². The highest BCUT2D eigenvalue weighted by atomic mass is 32.2. The van der Waals surface area contributed by atoms with Gasteiger partial charge in [0, 0.05) is 37.5 Å². The quantitative estimate of drug-likeness (QED) is 0.744. The Morgan fingerprint density at radius 2 is 1.95 bits per heavy atom. The Labute approximate surface area is 125 Å². The van der Waals surface area contributed by atoms with Crippen molar-refractivity contribution in [2.45, 2.75) is 59.0 Å². The van der Waals surface area contributed by atoms with Crippen LogP contribution < -0.4 is 5.32 Å². The first kappa shape index (κ1) is 17.9. The lowest BCUT2D eigenvalue weighted by molar-refractivity contribution is 0.0967. The average molecular weight is 305 g/mol. The fourth-order valence-electron chi connectivity index (χ4n) is 2.93. The number of nitrogens with one attached hydrogen (secondary N) is 1. The number of nitrogens with zero attached hydrogens (tertiary/aromatic N) is 1. The van der Waals surface area contributed by atoms with Gasteiger partial charge in [0.25, 0.3) is 0 Å². The van der Waals surface area contributed by atoms with Gasteiger partial charge in [0.05, 0.1) is 5.75 Å². The minimum absolute atomic E-state index is 0.310. The molecule has 0 amide bonds. The second-order valence-corrected chi connectivity index (χ2v) is 8.42. The molecule has 1 rings (SSSR count). The van der Waals surface area contributed by atoms with Crippen LogP contribution in [0.1, 0.15) is 47.0 Å². The molecule has 0 aliphatic carbocycles. The van der Waals surface area contributed by atoms with Gasteiger partial charge in [-0.15, -0.1) is 0 Å². The fourth-order valence-corrected chi connectivity index (χ4v) is 4.27. The van der Waals surface area contributed by atoms with Crippen LogP contribution in [-0.2, 0) is 9.84 Å². The number of sulfone groups is 1.